The van der Waals surface area contributed by atoms with Crippen molar-refractivity contribution in [2.24, 2.45) is 5.73 Å². The van der Waals surface area contributed by atoms with E-state index in [0.717, 1.165) is 16.7 Å². The second-order valence-corrected chi connectivity index (χ2v) is 7.90. The molecule has 1 aliphatic heterocycles. The maximum atomic E-state index is 12.3. The molecule has 1 atom stereocenters. The molecule has 4 rings (SSSR count). The van der Waals surface area contributed by atoms with Gasteiger partial charge < -0.3 is 19.9 Å². The summed E-state index contributed by atoms with van der Waals surface area (Å²) in [4.78, 5) is 24.1. The van der Waals surface area contributed by atoms with Gasteiger partial charge in [0.25, 0.3) is 0 Å². The third-order valence-electron chi connectivity index (χ3n) is 5.56. The van der Waals surface area contributed by atoms with Crippen molar-refractivity contribution < 1.29 is 23.8 Å². The van der Waals surface area contributed by atoms with Gasteiger partial charge in [0, 0.05) is 17.7 Å². The number of fused-ring (bicyclic) bond motifs is 1. The molecule has 3 aromatic rings. The summed E-state index contributed by atoms with van der Waals surface area (Å²) in [5.74, 6) is -0.905. The van der Waals surface area contributed by atoms with Crippen LogP contribution in [0.5, 0.6) is 11.5 Å². The Balaban J connectivity index is 1.59. The molecule has 0 spiro atoms. The number of aryl methyl sites for hydroxylation is 1. The molecule has 0 bridgehead atoms. The molecule has 0 fully saturated rings. The number of allylic oxidation sites excluding steroid dienone is 1. The minimum Gasteiger partial charge on any atom is -0.465 e. The first-order valence-electron chi connectivity index (χ1n) is 10.8. The Kier molecular flexibility index (Phi) is 6.65. The van der Waals surface area contributed by atoms with Crippen molar-refractivity contribution in [2.75, 3.05) is 7.11 Å². The first kappa shape index (κ1) is 23.3. The minimum atomic E-state index is -0.544. The van der Waals surface area contributed by atoms with Crippen LogP contribution in [0.4, 0.5) is 0 Å². The van der Waals surface area contributed by atoms with Gasteiger partial charge in [0.1, 0.15) is 23.1 Å². The summed E-state index contributed by atoms with van der Waals surface area (Å²) in [6, 6.07) is 21.5. The first-order chi connectivity index (χ1) is 16.9. The van der Waals surface area contributed by atoms with Crippen molar-refractivity contribution in [3.63, 3.8) is 0 Å². The predicted molar refractivity (Wildman–Crippen MR) is 129 cm³/mol. The molecule has 0 saturated carbocycles. The number of hydrogen-bond donors (Lipinski definition) is 1. The highest BCUT2D eigenvalue weighted by atomic mass is 16.5. The van der Waals surface area contributed by atoms with Gasteiger partial charge in [0.2, 0.25) is 5.88 Å². The summed E-state index contributed by atoms with van der Waals surface area (Å²) in [5.41, 5.74) is 10.1. The van der Waals surface area contributed by atoms with Crippen LogP contribution in [0, 0.1) is 18.3 Å². The molecular weight excluding hydrogens is 444 g/mol. The first-order valence-corrected chi connectivity index (χ1v) is 10.8. The van der Waals surface area contributed by atoms with E-state index in [2.05, 4.69) is 6.07 Å². The standard InChI is InChI=1S/C28H22N2O5/c1-17-3-5-18(6-4-17)7-14-25(31)34-21-12-13-22-24(15-21)35-27(30)23(16-29)26(22)19-8-10-20(11-9-19)28(32)33-2/h3-15,26H,30H2,1-2H3/b14-7+. The lowest BCUT2D eigenvalue weighted by atomic mass is 9.83. The number of methoxy groups -OCH3 is 1. The maximum Gasteiger partial charge on any atom is 0.337 e. The average molecular weight is 466 g/mol. The minimum absolute atomic E-state index is 0.0372. The van der Waals surface area contributed by atoms with E-state index in [0.29, 0.717) is 16.9 Å². The Morgan fingerprint density at radius 2 is 1.77 bits per heavy atom. The van der Waals surface area contributed by atoms with E-state index in [1.807, 2.05) is 31.2 Å². The summed E-state index contributed by atoms with van der Waals surface area (Å²) in [6.45, 7) is 1.99. The zero-order valence-electron chi connectivity index (χ0n) is 19.1. The van der Waals surface area contributed by atoms with E-state index in [1.165, 1.54) is 13.2 Å². The molecule has 0 radical (unpaired) electrons. The lowest BCUT2D eigenvalue weighted by Gasteiger charge is -2.26. The van der Waals surface area contributed by atoms with Crippen LogP contribution in [0.1, 0.15) is 38.5 Å². The summed E-state index contributed by atoms with van der Waals surface area (Å²) in [5, 5.41) is 9.72. The van der Waals surface area contributed by atoms with Crippen molar-refractivity contribution in [3.05, 3.63) is 112 Å². The van der Waals surface area contributed by atoms with E-state index in [9.17, 15) is 14.9 Å². The number of carbonyl (C=O) groups excluding carboxylic acids is 2. The summed E-state index contributed by atoms with van der Waals surface area (Å²) in [7, 11) is 1.31. The van der Waals surface area contributed by atoms with Gasteiger partial charge in [0.15, 0.2) is 0 Å². The number of rotatable bonds is 5. The Hall–Kier alpha value is -4.83. The quantitative estimate of drug-likeness (QED) is 0.332. The molecule has 0 amide bonds. The molecular formula is C28H22N2O5. The second kappa shape index (κ2) is 9.98. The van der Waals surface area contributed by atoms with Gasteiger partial charge >= 0.3 is 11.9 Å². The van der Waals surface area contributed by atoms with E-state index in [4.69, 9.17) is 19.9 Å². The molecule has 7 heteroatoms. The zero-order chi connectivity index (χ0) is 24.9. The second-order valence-electron chi connectivity index (χ2n) is 7.90. The fraction of sp³-hybridized carbons (Fsp3) is 0.107. The average Bonchev–Trinajstić information content (AvgIpc) is 2.87. The fourth-order valence-corrected chi connectivity index (χ4v) is 3.76. The maximum absolute atomic E-state index is 12.3. The summed E-state index contributed by atoms with van der Waals surface area (Å²) in [6.07, 6.45) is 3.02. The number of hydrogen-bond acceptors (Lipinski definition) is 7. The van der Waals surface area contributed by atoms with Crippen LogP contribution >= 0.6 is 0 Å². The number of esters is 2. The monoisotopic (exact) mass is 466 g/mol. The van der Waals surface area contributed by atoms with Gasteiger partial charge in [-0.05, 0) is 42.3 Å². The van der Waals surface area contributed by atoms with Gasteiger partial charge in [-0.2, -0.15) is 5.26 Å². The predicted octanol–water partition coefficient (Wildman–Crippen LogP) is 4.62. The van der Waals surface area contributed by atoms with Gasteiger partial charge in [-0.25, -0.2) is 9.59 Å². The Labute approximate surface area is 202 Å². The van der Waals surface area contributed by atoms with Crippen molar-refractivity contribution in [3.8, 4) is 17.6 Å². The largest absolute Gasteiger partial charge is 0.465 e. The van der Waals surface area contributed by atoms with Gasteiger partial charge in [-0.1, -0.05) is 48.0 Å². The molecule has 35 heavy (non-hydrogen) atoms. The third-order valence-corrected chi connectivity index (χ3v) is 5.56. The Bertz CT molecular complexity index is 1380. The molecule has 2 N–H and O–H groups in total. The molecule has 174 valence electrons. The molecule has 1 unspecified atom stereocenters. The zero-order valence-corrected chi connectivity index (χ0v) is 19.1. The van der Waals surface area contributed by atoms with Gasteiger partial charge in [0.05, 0.1) is 18.6 Å². The van der Waals surface area contributed by atoms with Crippen molar-refractivity contribution >= 4 is 18.0 Å². The van der Waals surface area contributed by atoms with Gasteiger partial charge in [-0.15, -0.1) is 0 Å². The highest BCUT2D eigenvalue weighted by molar-refractivity contribution is 5.89. The number of nitrogens with zero attached hydrogens (tertiary/aromatic N) is 1. The number of ether oxygens (including phenoxy) is 3. The topological polar surface area (TPSA) is 112 Å². The molecule has 3 aromatic carbocycles. The van der Waals surface area contributed by atoms with Crippen molar-refractivity contribution in [2.45, 2.75) is 12.8 Å². The van der Waals surface area contributed by atoms with E-state index < -0.39 is 17.9 Å². The van der Waals surface area contributed by atoms with Crippen LogP contribution in [-0.2, 0) is 9.53 Å². The fourth-order valence-electron chi connectivity index (χ4n) is 3.76. The summed E-state index contributed by atoms with van der Waals surface area (Å²) >= 11 is 0. The SMILES string of the molecule is COC(=O)c1ccc(C2C(C#N)=C(N)Oc3cc(OC(=O)/C=C/c4ccc(C)cc4)ccc32)cc1. The molecule has 0 aliphatic carbocycles. The Morgan fingerprint density at radius 1 is 1.06 bits per heavy atom. The number of nitrogens with two attached hydrogens (primary N) is 1. The van der Waals surface area contributed by atoms with Crippen LogP contribution in [0.3, 0.4) is 0 Å². The molecule has 7 nitrogen and oxygen atoms in total. The highest BCUT2D eigenvalue weighted by Gasteiger charge is 2.31. The summed E-state index contributed by atoms with van der Waals surface area (Å²) < 4.78 is 15.9. The van der Waals surface area contributed by atoms with E-state index in [-0.39, 0.29) is 17.2 Å². The van der Waals surface area contributed by atoms with E-state index >= 15 is 0 Å². The highest BCUT2D eigenvalue weighted by Crippen LogP contribution is 2.43. The molecule has 1 aliphatic rings. The van der Waals surface area contributed by atoms with Gasteiger partial charge in [-0.3, -0.25) is 0 Å². The van der Waals surface area contributed by atoms with Crippen LogP contribution in [0.2, 0.25) is 0 Å². The smallest absolute Gasteiger partial charge is 0.337 e. The van der Waals surface area contributed by atoms with Crippen LogP contribution in [0.15, 0.2) is 84.3 Å². The molecule has 0 saturated heterocycles. The van der Waals surface area contributed by atoms with Crippen LogP contribution in [-0.4, -0.2) is 19.0 Å². The lowest BCUT2D eigenvalue weighted by molar-refractivity contribution is -0.128. The molecule has 1 heterocycles. The van der Waals surface area contributed by atoms with Crippen molar-refractivity contribution in [1.29, 1.82) is 5.26 Å². The third kappa shape index (κ3) is 5.07. The van der Waals surface area contributed by atoms with Crippen LogP contribution < -0.4 is 15.2 Å². The molecule has 0 aromatic heterocycles. The Morgan fingerprint density at radius 3 is 2.43 bits per heavy atom. The lowest BCUT2D eigenvalue weighted by Crippen LogP contribution is -2.21. The van der Waals surface area contributed by atoms with Crippen molar-refractivity contribution in [1.82, 2.24) is 0 Å². The van der Waals surface area contributed by atoms with Crippen LogP contribution in [0.25, 0.3) is 6.08 Å². The number of nitriles is 1. The van der Waals surface area contributed by atoms with E-state index in [1.54, 1.807) is 48.5 Å². The normalized spacial score (nSPS) is 14.6. The number of carbonyl (C=O) groups is 2. The number of benzene rings is 3.